The van der Waals surface area contributed by atoms with Gasteiger partial charge >= 0.3 is 0 Å². The Morgan fingerprint density at radius 2 is 1.58 bits per heavy atom. The second kappa shape index (κ2) is 9.34. The summed E-state index contributed by atoms with van der Waals surface area (Å²) in [5.41, 5.74) is 2.05. The van der Waals surface area contributed by atoms with Gasteiger partial charge in [0.1, 0.15) is 5.82 Å². The van der Waals surface area contributed by atoms with Crippen molar-refractivity contribution < 1.29 is 8.42 Å². The summed E-state index contributed by atoms with van der Waals surface area (Å²) in [6.45, 7) is 7.91. The van der Waals surface area contributed by atoms with Crippen LogP contribution < -0.4 is 5.56 Å². The van der Waals surface area contributed by atoms with Gasteiger partial charge < -0.3 is 0 Å². The summed E-state index contributed by atoms with van der Waals surface area (Å²) in [7, 11) is -2.40. The van der Waals surface area contributed by atoms with Gasteiger partial charge in [0.05, 0.1) is 39.2 Å². The predicted octanol–water partition coefficient (Wildman–Crippen LogP) is 4.94. The Labute approximate surface area is 211 Å². The zero-order chi connectivity index (χ0) is 26.3. The highest BCUT2D eigenvalue weighted by molar-refractivity contribution is 7.89. The topological polar surface area (TPSA) is 96.1 Å². The molecule has 0 saturated carbocycles. The molecule has 0 radical (unpaired) electrons. The van der Waals surface area contributed by atoms with Crippen LogP contribution in [-0.2, 0) is 15.4 Å². The Morgan fingerprint density at radius 1 is 0.972 bits per heavy atom. The fourth-order valence-corrected chi connectivity index (χ4v) is 5.35. The van der Waals surface area contributed by atoms with Gasteiger partial charge in [-0.2, -0.15) is 9.57 Å². The van der Waals surface area contributed by atoms with Crippen LogP contribution in [0, 0.1) is 11.3 Å². The molecule has 1 aromatic heterocycles. The van der Waals surface area contributed by atoms with Crippen molar-refractivity contribution in [3.63, 3.8) is 0 Å². The minimum atomic E-state index is -3.89. The van der Waals surface area contributed by atoms with Crippen LogP contribution in [-0.4, -0.2) is 29.3 Å². The van der Waals surface area contributed by atoms with E-state index in [9.17, 15) is 13.2 Å². The Kier molecular flexibility index (Phi) is 6.56. The molecule has 0 aliphatic rings. The first kappa shape index (κ1) is 25.3. The van der Waals surface area contributed by atoms with E-state index >= 15 is 0 Å². The third-order valence-electron chi connectivity index (χ3n) is 6.37. The van der Waals surface area contributed by atoms with Crippen LogP contribution in [0.15, 0.2) is 82.5 Å². The molecular weight excluding hydrogens is 472 g/mol. The van der Waals surface area contributed by atoms with Crippen LogP contribution in [0.3, 0.4) is 0 Å². The number of para-hydroxylation sites is 1. The summed E-state index contributed by atoms with van der Waals surface area (Å²) < 4.78 is 29.8. The molecule has 4 aromatic rings. The molecule has 4 rings (SSSR count). The van der Waals surface area contributed by atoms with Crippen molar-refractivity contribution in [2.75, 3.05) is 7.05 Å². The summed E-state index contributed by atoms with van der Waals surface area (Å²) in [6, 6.07) is 21.7. The Balaban J connectivity index is 1.85. The number of sulfonamides is 1. The smallest absolute Gasteiger partial charge is 0.266 e. The van der Waals surface area contributed by atoms with Crippen molar-refractivity contribution in [2.45, 2.75) is 44.0 Å². The first-order valence-corrected chi connectivity index (χ1v) is 13.0. The monoisotopic (exact) mass is 500 g/mol. The predicted molar refractivity (Wildman–Crippen MR) is 141 cm³/mol. The molecule has 0 fully saturated rings. The summed E-state index contributed by atoms with van der Waals surface area (Å²) in [6.07, 6.45) is 0. The third-order valence-corrected chi connectivity index (χ3v) is 8.32. The molecule has 0 N–H and O–H groups in total. The normalized spacial score (nSPS) is 13.0. The van der Waals surface area contributed by atoms with Crippen LogP contribution in [0.4, 0.5) is 0 Å². The molecule has 1 unspecified atom stereocenters. The number of nitrogens with zero attached hydrogens (tertiary/aromatic N) is 4. The Hall–Kier alpha value is -3.80. The molecular formula is C28H28N4O3S. The average Bonchev–Trinajstić information content (AvgIpc) is 2.87. The molecule has 36 heavy (non-hydrogen) atoms. The van der Waals surface area contributed by atoms with E-state index in [0.717, 1.165) is 5.56 Å². The maximum Gasteiger partial charge on any atom is 0.266 e. The summed E-state index contributed by atoms with van der Waals surface area (Å²) in [5, 5.41) is 9.58. The van der Waals surface area contributed by atoms with E-state index < -0.39 is 16.1 Å². The molecule has 184 valence electrons. The Bertz CT molecular complexity index is 1630. The van der Waals surface area contributed by atoms with E-state index in [4.69, 9.17) is 10.2 Å². The lowest BCUT2D eigenvalue weighted by Gasteiger charge is -2.27. The maximum atomic E-state index is 13.6. The highest BCUT2D eigenvalue weighted by Crippen LogP contribution is 2.29. The first-order chi connectivity index (χ1) is 16.9. The van der Waals surface area contributed by atoms with Gasteiger partial charge in [0.15, 0.2) is 0 Å². The molecule has 0 aliphatic heterocycles. The van der Waals surface area contributed by atoms with E-state index in [1.807, 2.05) is 12.1 Å². The van der Waals surface area contributed by atoms with E-state index in [1.165, 1.54) is 15.9 Å². The fourth-order valence-electron chi connectivity index (χ4n) is 4.03. The number of nitriles is 1. The molecule has 0 saturated heterocycles. The van der Waals surface area contributed by atoms with Gasteiger partial charge in [0, 0.05) is 7.05 Å². The van der Waals surface area contributed by atoms with Crippen molar-refractivity contribution in [3.8, 4) is 11.8 Å². The van der Waals surface area contributed by atoms with E-state index in [0.29, 0.717) is 22.2 Å². The lowest BCUT2D eigenvalue weighted by Crippen LogP contribution is -2.35. The van der Waals surface area contributed by atoms with Gasteiger partial charge in [-0.1, -0.05) is 45.0 Å². The molecule has 7 nitrogen and oxygen atoms in total. The van der Waals surface area contributed by atoms with Gasteiger partial charge in [-0.15, -0.1) is 0 Å². The van der Waals surface area contributed by atoms with Crippen LogP contribution >= 0.6 is 0 Å². The molecule has 8 heteroatoms. The average molecular weight is 501 g/mol. The van der Waals surface area contributed by atoms with Gasteiger partial charge in [-0.25, -0.2) is 13.4 Å². The zero-order valence-electron chi connectivity index (χ0n) is 20.9. The summed E-state index contributed by atoms with van der Waals surface area (Å²) in [5.74, 6) is 0.279. The van der Waals surface area contributed by atoms with Crippen LogP contribution in [0.5, 0.6) is 0 Å². The highest BCUT2D eigenvalue weighted by atomic mass is 32.2. The fraction of sp³-hybridized carbons (Fsp3) is 0.250. The number of rotatable bonds is 5. The maximum absolute atomic E-state index is 13.6. The number of aromatic nitrogens is 2. The van der Waals surface area contributed by atoms with E-state index in [2.05, 4.69) is 26.8 Å². The molecule has 3 aromatic carbocycles. The van der Waals surface area contributed by atoms with Crippen LogP contribution in [0.1, 0.15) is 50.7 Å². The molecule has 0 bridgehead atoms. The second-order valence-electron chi connectivity index (χ2n) is 9.76. The molecule has 0 aliphatic carbocycles. The summed E-state index contributed by atoms with van der Waals surface area (Å²) >= 11 is 0. The van der Waals surface area contributed by atoms with E-state index in [1.54, 1.807) is 67.6 Å². The first-order valence-electron chi connectivity index (χ1n) is 11.6. The van der Waals surface area contributed by atoms with Gasteiger partial charge in [-0.05, 0) is 66.4 Å². The van der Waals surface area contributed by atoms with Crippen molar-refractivity contribution in [1.29, 1.82) is 5.26 Å². The van der Waals surface area contributed by atoms with Crippen LogP contribution in [0.25, 0.3) is 16.6 Å². The third kappa shape index (κ3) is 4.55. The number of fused-ring (bicyclic) bond motifs is 1. The largest absolute Gasteiger partial charge is 0.268 e. The van der Waals surface area contributed by atoms with Gasteiger partial charge in [0.25, 0.3) is 5.56 Å². The van der Waals surface area contributed by atoms with Crippen molar-refractivity contribution in [3.05, 3.63) is 100 Å². The molecule has 1 heterocycles. The SMILES string of the molecule is CC(c1nc2ccccc2c(=O)n1-c1ccc(C#N)cc1)N(C)S(=O)(=O)c1ccc(C(C)(C)C)cc1. The second-order valence-corrected chi connectivity index (χ2v) is 11.8. The van der Waals surface area contributed by atoms with Gasteiger partial charge in [-0.3, -0.25) is 9.36 Å². The van der Waals surface area contributed by atoms with Crippen molar-refractivity contribution >= 4 is 20.9 Å². The number of hydrogen-bond donors (Lipinski definition) is 0. The molecule has 0 spiro atoms. The van der Waals surface area contributed by atoms with Crippen LogP contribution in [0.2, 0.25) is 0 Å². The molecule has 0 amide bonds. The lowest BCUT2D eigenvalue weighted by atomic mass is 9.87. The van der Waals surface area contributed by atoms with Gasteiger partial charge in [0.2, 0.25) is 10.0 Å². The Morgan fingerprint density at radius 3 is 2.17 bits per heavy atom. The zero-order valence-corrected chi connectivity index (χ0v) is 21.7. The summed E-state index contributed by atoms with van der Waals surface area (Å²) in [4.78, 5) is 18.5. The highest BCUT2D eigenvalue weighted by Gasteiger charge is 2.30. The quantitative estimate of drug-likeness (QED) is 0.387. The minimum Gasteiger partial charge on any atom is -0.268 e. The minimum absolute atomic E-state index is 0.104. The standard InChI is InChI=1S/C28H28N4O3S/c1-19(31(5)36(34,35)23-16-12-21(13-17-23)28(2,3)4)26-30-25-9-7-6-8-24(25)27(33)32(26)22-14-10-20(18-29)11-15-22/h6-17,19H,1-5H3. The lowest BCUT2D eigenvalue weighted by molar-refractivity contribution is 0.379. The van der Waals surface area contributed by atoms with Crippen molar-refractivity contribution in [1.82, 2.24) is 13.9 Å². The number of benzene rings is 3. The molecule has 1 atom stereocenters. The van der Waals surface area contributed by atoms with E-state index in [-0.39, 0.29) is 21.7 Å². The van der Waals surface area contributed by atoms with Crippen molar-refractivity contribution in [2.24, 2.45) is 0 Å². The number of hydrogen-bond acceptors (Lipinski definition) is 5.